The summed E-state index contributed by atoms with van der Waals surface area (Å²) >= 11 is 0. The quantitative estimate of drug-likeness (QED) is 0.740. The van der Waals surface area contributed by atoms with Gasteiger partial charge in [0.15, 0.2) is 0 Å². The molecule has 3 N–H and O–H groups in total. The Morgan fingerprint density at radius 2 is 1.04 bits per heavy atom. The Morgan fingerprint density at radius 3 is 1.65 bits per heavy atom. The van der Waals surface area contributed by atoms with Gasteiger partial charge in [0, 0.05) is 0 Å². The van der Waals surface area contributed by atoms with Crippen LogP contribution in [0, 0.1) is 23.7 Å². The number of hydrogen-bond donors (Lipinski definition) is 3. The van der Waals surface area contributed by atoms with Gasteiger partial charge in [0.25, 0.3) is 0 Å². The van der Waals surface area contributed by atoms with E-state index in [-0.39, 0.29) is 18.3 Å². The molecule has 0 amide bonds. The molecule has 0 aromatic heterocycles. The number of aliphatic hydroxyl groups excluding tert-OH is 3. The van der Waals surface area contributed by atoms with E-state index < -0.39 is 0 Å². The van der Waals surface area contributed by atoms with Crippen LogP contribution in [0.5, 0.6) is 0 Å². The minimum absolute atomic E-state index is 0.0887. The van der Waals surface area contributed by atoms with Crippen molar-refractivity contribution in [3.8, 4) is 0 Å². The highest BCUT2D eigenvalue weighted by Crippen LogP contribution is 2.41. The van der Waals surface area contributed by atoms with Gasteiger partial charge in [-0.1, -0.05) is 25.7 Å². The van der Waals surface area contributed by atoms with Crippen molar-refractivity contribution in [1.29, 1.82) is 0 Å². The molecule has 0 saturated heterocycles. The molecule has 3 fully saturated rings. The number of hydrogen-bond acceptors (Lipinski definition) is 3. The Kier molecular flexibility index (Phi) is 6.39. The van der Waals surface area contributed by atoms with Gasteiger partial charge in [0.05, 0.1) is 18.3 Å². The third kappa shape index (κ3) is 4.70. The van der Waals surface area contributed by atoms with Crippen molar-refractivity contribution in [2.45, 2.75) is 102 Å². The van der Waals surface area contributed by atoms with Gasteiger partial charge in [-0.15, -0.1) is 0 Å². The molecule has 3 saturated carbocycles. The Hall–Kier alpha value is -0.120. The van der Waals surface area contributed by atoms with Crippen molar-refractivity contribution >= 4 is 0 Å². The summed E-state index contributed by atoms with van der Waals surface area (Å²) in [5.74, 6) is 1.93. The van der Waals surface area contributed by atoms with Crippen molar-refractivity contribution in [3.63, 3.8) is 0 Å². The maximum Gasteiger partial charge on any atom is 0.0568 e. The molecule has 0 heterocycles. The lowest BCUT2D eigenvalue weighted by atomic mass is 9.69. The van der Waals surface area contributed by atoms with Crippen LogP contribution in [0.1, 0.15) is 83.5 Å². The summed E-state index contributed by atoms with van der Waals surface area (Å²) in [6, 6.07) is 0. The minimum Gasteiger partial charge on any atom is -0.393 e. The molecule has 3 rings (SSSR count). The Morgan fingerprint density at radius 1 is 0.522 bits per heavy atom. The molecule has 3 aliphatic carbocycles. The Balaban J connectivity index is 1.51. The predicted octanol–water partition coefficient (Wildman–Crippen LogP) is 3.65. The molecular formula is C20H36O3. The fourth-order valence-corrected chi connectivity index (χ4v) is 5.56. The zero-order valence-electron chi connectivity index (χ0n) is 14.6. The van der Waals surface area contributed by atoms with E-state index in [2.05, 4.69) is 0 Å². The van der Waals surface area contributed by atoms with Gasteiger partial charge in [0.2, 0.25) is 0 Å². The minimum atomic E-state index is -0.170. The van der Waals surface area contributed by atoms with Crippen molar-refractivity contribution in [1.82, 2.24) is 0 Å². The summed E-state index contributed by atoms with van der Waals surface area (Å²) < 4.78 is 0. The summed E-state index contributed by atoms with van der Waals surface area (Å²) in [5, 5.41) is 30.9. The van der Waals surface area contributed by atoms with E-state index in [1.807, 2.05) is 0 Å². The molecule has 0 aliphatic heterocycles. The number of aliphatic hydroxyl groups is 3. The van der Waals surface area contributed by atoms with Crippen LogP contribution >= 0.6 is 0 Å². The lowest BCUT2D eigenvalue weighted by Crippen LogP contribution is -2.36. The molecular weight excluding hydrogens is 288 g/mol. The first-order chi connectivity index (χ1) is 11.1. The van der Waals surface area contributed by atoms with Crippen LogP contribution in [0.15, 0.2) is 0 Å². The van der Waals surface area contributed by atoms with Gasteiger partial charge in [-0.05, 0) is 81.5 Å². The molecule has 0 radical (unpaired) electrons. The van der Waals surface area contributed by atoms with E-state index in [9.17, 15) is 15.3 Å². The fourth-order valence-electron chi connectivity index (χ4n) is 5.56. The molecule has 3 heteroatoms. The summed E-state index contributed by atoms with van der Waals surface area (Å²) in [6.45, 7) is 0. The first-order valence-corrected chi connectivity index (χ1v) is 10.2. The van der Waals surface area contributed by atoms with Crippen molar-refractivity contribution in [2.75, 3.05) is 0 Å². The van der Waals surface area contributed by atoms with Crippen molar-refractivity contribution in [3.05, 3.63) is 0 Å². The summed E-state index contributed by atoms with van der Waals surface area (Å²) in [6.07, 6.45) is 14.0. The molecule has 23 heavy (non-hydrogen) atoms. The normalized spacial score (nSPS) is 45.8. The van der Waals surface area contributed by atoms with E-state index >= 15 is 0 Å². The second-order valence-corrected chi connectivity index (χ2v) is 8.70. The summed E-state index contributed by atoms with van der Waals surface area (Å²) in [7, 11) is 0. The maximum absolute atomic E-state index is 10.4. The molecule has 0 aromatic rings. The zero-order chi connectivity index (χ0) is 16.2. The van der Waals surface area contributed by atoms with Gasteiger partial charge in [-0.25, -0.2) is 0 Å². The molecule has 3 aliphatic rings. The van der Waals surface area contributed by atoms with E-state index in [0.717, 1.165) is 57.8 Å². The number of rotatable bonds is 4. The van der Waals surface area contributed by atoms with Crippen molar-refractivity contribution < 1.29 is 15.3 Å². The van der Waals surface area contributed by atoms with Crippen LogP contribution in [0.4, 0.5) is 0 Å². The smallest absolute Gasteiger partial charge is 0.0568 e. The van der Waals surface area contributed by atoms with Crippen LogP contribution in [-0.2, 0) is 0 Å². The van der Waals surface area contributed by atoms with Gasteiger partial charge >= 0.3 is 0 Å². The Bertz CT molecular complexity index is 359. The molecule has 0 aromatic carbocycles. The first kappa shape index (κ1) is 17.7. The second kappa shape index (κ2) is 8.31. The second-order valence-electron chi connectivity index (χ2n) is 8.70. The van der Waals surface area contributed by atoms with Crippen molar-refractivity contribution in [2.24, 2.45) is 23.7 Å². The highest BCUT2D eigenvalue weighted by Gasteiger charge is 2.35. The molecule has 7 unspecified atom stereocenters. The topological polar surface area (TPSA) is 60.7 Å². The lowest BCUT2D eigenvalue weighted by molar-refractivity contribution is -0.00848. The monoisotopic (exact) mass is 324 g/mol. The molecule has 0 spiro atoms. The molecule has 3 nitrogen and oxygen atoms in total. The standard InChI is InChI=1S/C20H36O3/c21-18-7-3-1-5-15(18)11-14-9-10-20(23)17(12-14)13-16-6-2-4-8-19(16)22/h14-23H,1-13H2. The summed E-state index contributed by atoms with van der Waals surface area (Å²) in [4.78, 5) is 0. The predicted molar refractivity (Wildman–Crippen MR) is 92.0 cm³/mol. The van der Waals surface area contributed by atoms with E-state index in [1.54, 1.807) is 0 Å². The molecule has 0 bridgehead atoms. The molecule has 134 valence electrons. The fraction of sp³-hybridized carbons (Fsp3) is 1.00. The van der Waals surface area contributed by atoms with Crippen LogP contribution in [0.25, 0.3) is 0 Å². The van der Waals surface area contributed by atoms with Gasteiger partial charge in [-0.2, -0.15) is 0 Å². The largest absolute Gasteiger partial charge is 0.393 e. The van der Waals surface area contributed by atoms with E-state index in [1.165, 1.54) is 25.7 Å². The average Bonchev–Trinajstić information content (AvgIpc) is 2.55. The summed E-state index contributed by atoms with van der Waals surface area (Å²) in [5.41, 5.74) is 0. The van der Waals surface area contributed by atoms with Crippen LogP contribution < -0.4 is 0 Å². The average molecular weight is 325 g/mol. The first-order valence-electron chi connectivity index (χ1n) is 10.2. The third-order valence-corrected chi connectivity index (χ3v) is 7.03. The lowest BCUT2D eigenvalue weighted by Gasteiger charge is -2.39. The van der Waals surface area contributed by atoms with Gasteiger partial charge in [0.1, 0.15) is 0 Å². The third-order valence-electron chi connectivity index (χ3n) is 7.03. The van der Waals surface area contributed by atoms with E-state index in [4.69, 9.17) is 0 Å². The van der Waals surface area contributed by atoms with Crippen LogP contribution in [-0.4, -0.2) is 33.6 Å². The maximum atomic E-state index is 10.4. The van der Waals surface area contributed by atoms with Gasteiger partial charge < -0.3 is 15.3 Å². The van der Waals surface area contributed by atoms with Gasteiger partial charge in [-0.3, -0.25) is 0 Å². The Labute approximate surface area is 141 Å². The highest BCUT2D eigenvalue weighted by atomic mass is 16.3. The van der Waals surface area contributed by atoms with E-state index in [0.29, 0.717) is 23.7 Å². The molecule has 7 atom stereocenters. The SMILES string of the molecule is OC1CCCCC1CC1CCC(O)C(CC2CCCCC2O)C1. The van der Waals surface area contributed by atoms with Crippen LogP contribution in [0.3, 0.4) is 0 Å². The highest BCUT2D eigenvalue weighted by molar-refractivity contribution is 4.87. The zero-order valence-corrected chi connectivity index (χ0v) is 14.6. The van der Waals surface area contributed by atoms with Crippen LogP contribution in [0.2, 0.25) is 0 Å².